The lowest BCUT2D eigenvalue weighted by Crippen LogP contribution is -2.35. The quantitative estimate of drug-likeness (QED) is 0.394. The van der Waals surface area contributed by atoms with Crippen LogP contribution in [0.1, 0.15) is 47.0 Å². The van der Waals surface area contributed by atoms with Crippen molar-refractivity contribution in [2.45, 2.75) is 53.0 Å². The molecule has 7 heteroatoms. The molecule has 0 radical (unpaired) electrons. The predicted molar refractivity (Wildman–Crippen MR) is 143 cm³/mol. The van der Waals surface area contributed by atoms with E-state index in [-0.39, 0.29) is 5.41 Å². The molecule has 192 valence electrons. The fourth-order valence-corrected chi connectivity index (χ4v) is 6.58. The van der Waals surface area contributed by atoms with Gasteiger partial charge in [-0.1, -0.05) is 20.8 Å². The van der Waals surface area contributed by atoms with Gasteiger partial charge in [0.1, 0.15) is 5.82 Å². The van der Waals surface area contributed by atoms with Crippen molar-refractivity contribution in [1.29, 1.82) is 0 Å². The Balaban J connectivity index is 1.71. The zero-order valence-electron chi connectivity index (χ0n) is 22.5. The summed E-state index contributed by atoms with van der Waals surface area (Å²) in [6.07, 6.45) is 3.55. The maximum Gasteiger partial charge on any atom is 0.163 e. The second kappa shape index (κ2) is 9.02. The van der Waals surface area contributed by atoms with Crippen LogP contribution in [0.3, 0.4) is 0 Å². The molecule has 3 aromatic rings. The number of ether oxygens (including phenoxy) is 4. The number of aromatic nitrogens is 2. The molecule has 36 heavy (non-hydrogen) atoms. The smallest absolute Gasteiger partial charge is 0.163 e. The van der Waals surface area contributed by atoms with Crippen molar-refractivity contribution in [1.82, 2.24) is 9.97 Å². The van der Waals surface area contributed by atoms with Gasteiger partial charge in [0.2, 0.25) is 0 Å². The fraction of sp³-hybridized carbons (Fsp3) is 0.517. The molecule has 2 aliphatic rings. The highest BCUT2D eigenvalue weighted by Gasteiger charge is 2.50. The van der Waals surface area contributed by atoms with Gasteiger partial charge in [-0.15, -0.1) is 0 Å². The van der Waals surface area contributed by atoms with E-state index in [4.69, 9.17) is 28.9 Å². The van der Waals surface area contributed by atoms with Crippen LogP contribution >= 0.6 is 0 Å². The third kappa shape index (κ3) is 4.29. The van der Waals surface area contributed by atoms with Gasteiger partial charge in [0, 0.05) is 29.6 Å². The standard InChI is InChI=1S/C29H37N3O4/c1-8-36-25-13-21-20(12-24(25)35-7)27(32-17-29(4)15-19(32)14-28(2,3)16-29)31-26(30-21)18-9-10-22(33-5)23(11-18)34-6/h9-13,19H,8,14-17H2,1-7H3. The van der Waals surface area contributed by atoms with E-state index in [0.717, 1.165) is 35.2 Å². The molecule has 1 aliphatic heterocycles. The molecule has 0 N–H and O–H groups in total. The number of nitrogens with zero attached hydrogens (tertiary/aromatic N) is 3. The van der Waals surface area contributed by atoms with E-state index in [1.807, 2.05) is 37.3 Å². The van der Waals surface area contributed by atoms with Crippen molar-refractivity contribution in [3.05, 3.63) is 30.3 Å². The SMILES string of the molecule is CCOc1cc2nc(-c3ccc(OC)c(OC)c3)nc(N3CC4(C)CC3CC(C)(C)C4)c2cc1OC. The molecule has 0 amide bonds. The third-order valence-corrected chi connectivity index (χ3v) is 7.59. The number of hydrogen-bond donors (Lipinski definition) is 0. The van der Waals surface area contributed by atoms with Crippen LogP contribution in [0.4, 0.5) is 5.82 Å². The Morgan fingerprint density at radius 3 is 2.31 bits per heavy atom. The zero-order valence-corrected chi connectivity index (χ0v) is 22.5. The first kappa shape index (κ1) is 24.5. The van der Waals surface area contributed by atoms with Crippen LogP contribution in [-0.4, -0.2) is 50.5 Å². The first-order valence-corrected chi connectivity index (χ1v) is 12.7. The lowest BCUT2D eigenvalue weighted by Gasteiger charge is -2.39. The van der Waals surface area contributed by atoms with E-state index in [2.05, 4.69) is 25.7 Å². The maximum atomic E-state index is 5.89. The second-order valence-corrected chi connectivity index (χ2v) is 11.2. The lowest BCUT2D eigenvalue weighted by atomic mass is 9.65. The van der Waals surface area contributed by atoms with Crippen molar-refractivity contribution in [2.75, 3.05) is 39.4 Å². The van der Waals surface area contributed by atoms with Crippen LogP contribution in [0.5, 0.6) is 23.0 Å². The van der Waals surface area contributed by atoms with Crippen molar-refractivity contribution >= 4 is 16.7 Å². The average Bonchev–Trinajstić information content (AvgIpc) is 3.10. The number of fused-ring (bicyclic) bond motifs is 3. The highest BCUT2D eigenvalue weighted by atomic mass is 16.5. The van der Waals surface area contributed by atoms with Gasteiger partial charge >= 0.3 is 0 Å². The highest BCUT2D eigenvalue weighted by Crippen LogP contribution is 2.54. The number of anilines is 1. The van der Waals surface area contributed by atoms with Crippen molar-refractivity contribution in [3.8, 4) is 34.4 Å². The molecule has 2 atom stereocenters. The summed E-state index contributed by atoms with van der Waals surface area (Å²) in [6, 6.07) is 10.3. The molecule has 5 rings (SSSR count). The van der Waals surface area contributed by atoms with Gasteiger partial charge < -0.3 is 23.8 Å². The second-order valence-electron chi connectivity index (χ2n) is 11.2. The van der Waals surface area contributed by atoms with E-state index >= 15 is 0 Å². The minimum absolute atomic E-state index is 0.266. The molecule has 1 saturated heterocycles. The topological polar surface area (TPSA) is 65.9 Å². The molecular formula is C29H37N3O4. The molecule has 1 aliphatic carbocycles. The predicted octanol–water partition coefficient (Wildman–Crippen LogP) is 6.13. The Bertz CT molecular complexity index is 1290. The van der Waals surface area contributed by atoms with Gasteiger partial charge in [-0.2, -0.15) is 0 Å². The summed E-state index contributed by atoms with van der Waals surface area (Å²) < 4.78 is 22.6. The molecule has 2 bridgehead atoms. The monoisotopic (exact) mass is 491 g/mol. The minimum atomic E-state index is 0.266. The summed E-state index contributed by atoms with van der Waals surface area (Å²) >= 11 is 0. The summed E-state index contributed by atoms with van der Waals surface area (Å²) in [6.45, 7) is 10.7. The van der Waals surface area contributed by atoms with E-state index in [1.54, 1.807) is 21.3 Å². The lowest BCUT2D eigenvalue weighted by molar-refractivity contribution is 0.136. The largest absolute Gasteiger partial charge is 0.493 e. The highest BCUT2D eigenvalue weighted by molar-refractivity contribution is 5.94. The molecule has 1 aromatic heterocycles. The van der Waals surface area contributed by atoms with Gasteiger partial charge in [-0.05, 0) is 61.3 Å². The Kier molecular flexibility index (Phi) is 6.13. The van der Waals surface area contributed by atoms with Crippen LogP contribution < -0.4 is 23.8 Å². The Hall–Kier alpha value is -3.22. The van der Waals surface area contributed by atoms with Gasteiger partial charge in [-0.25, -0.2) is 9.97 Å². The Labute approximate surface area is 213 Å². The van der Waals surface area contributed by atoms with Crippen molar-refractivity contribution in [3.63, 3.8) is 0 Å². The maximum absolute atomic E-state index is 5.89. The molecule has 0 spiro atoms. The normalized spacial score (nSPS) is 22.5. The van der Waals surface area contributed by atoms with Crippen LogP contribution in [0, 0.1) is 10.8 Å². The van der Waals surface area contributed by atoms with Crippen molar-refractivity contribution < 1.29 is 18.9 Å². The Morgan fingerprint density at radius 2 is 1.61 bits per heavy atom. The van der Waals surface area contributed by atoms with Crippen LogP contribution in [0.2, 0.25) is 0 Å². The average molecular weight is 492 g/mol. The fourth-order valence-electron chi connectivity index (χ4n) is 6.58. The van der Waals surface area contributed by atoms with Crippen LogP contribution in [-0.2, 0) is 0 Å². The first-order valence-electron chi connectivity index (χ1n) is 12.7. The molecule has 2 fully saturated rings. The molecular weight excluding hydrogens is 454 g/mol. The zero-order chi connectivity index (χ0) is 25.7. The van der Waals surface area contributed by atoms with E-state index in [0.29, 0.717) is 46.9 Å². The van der Waals surface area contributed by atoms with Gasteiger partial charge in [0.15, 0.2) is 28.8 Å². The van der Waals surface area contributed by atoms with Gasteiger partial charge in [0.05, 0.1) is 33.5 Å². The number of hydrogen-bond acceptors (Lipinski definition) is 7. The molecule has 1 saturated carbocycles. The molecule has 2 unspecified atom stereocenters. The minimum Gasteiger partial charge on any atom is -0.493 e. The Morgan fingerprint density at radius 1 is 0.889 bits per heavy atom. The molecule has 7 nitrogen and oxygen atoms in total. The van der Waals surface area contributed by atoms with Crippen LogP contribution in [0.15, 0.2) is 30.3 Å². The van der Waals surface area contributed by atoms with E-state index < -0.39 is 0 Å². The van der Waals surface area contributed by atoms with E-state index in [1.165, 1.54) is 12.8 Å². The van der Waals surface area contributed by atoms with E-state index in [9.17, 15) is 0 Å². The van der Waals surface area contributed by atoms with Gasteiger partial charge in [0.25, 0.3) is 0 Å². The molecule has 2 aromatic carbocycles. The van der Waals surface area contributed by atoms with Gasteiger partial charge in [-0.3, -0.25) is 0 Å². The number of benzene rings is 2. The van der Waals surface area contributed by atoms with Crippen LogP contribution in [0.25, 0.3) is 22.3 Å². The summed E-state index contributed by atoms with van der Waals surface area (Å²) in [4.78, 5) is 12.7. The summed E-state index contributed by atoms with van der Waals surface area (Å²) in [7, 11) is 4.95. The first-order chi connectivity index (χ1) is 17.2. The number of rotatable bonds is 7. The summed E-state index contributed by atoms with van der Waals surface area (Å²) in [5.41, 5.74) is 2.28. The van der Waals surface area contributed by atoms with Crippen molar-refractivity contribution in [2.24, 2.45) is 10.8 Å². The summed E-state index contributed by atoms with van der Waals surface area (Å²) in [5.74, 6) is 4.31. The number of methoxy groups -OCH3 is 3. The summed E-state index contributed by atoms with van der Waals surface area (Å²) in [5, 5.41) is 0.980. The third-order valence-electron chi connectivity index (χ3n) is 7.59. The molecule has 2 heterocycles.